The monoisotopic (exact) mass is 529 g/mol. The molecule has 0 saturated heterocycles. The lowest BCUT2D eigenvalue weighted by molar-refractivity contribution is 0.668. The minimum Gasteiger partial charge on any atom is -0.456 e. The maximum Gasteiger partial charge on any atom is 0.157 e. The molecule has 6 aromatic carbocycles. The van der Waals surface area contributed by atoms with Crippen LogP contribution in [0.5, 0.6) is 0 Å². The fourth-order valence-electron chi connectivity index (χ4n) is 5.40. The zero-order chi connectivity index (χ0) is 27.6. The highest BCUT2D eigenvalue weighted by molar-refractivity contribution is 6.16. The van der Waals surface area contributed by atoms with Crippen LogP contribution in [-0.4, -0.2) is 11.7 Å². The Labute approximate surface area is 238 Å². The van der Waals surface area contributed by atoms with Crippen molar-refractivity contribution < 1.29 is 4.42 Å². The standard InChI is InChI=1S/C37H27N3O/c38-36(31-19-9-16-26-13-7-8-18-30(26)31)40-37(27-14-5-2-6-15-27)39-24-29-17-10-20-34-35(29)32-23-28(21-22-33(32)41-34)25-11-3-1-4-12-25/h1-23H,24H2,(H2,38,39,40). The third kappa shape index (κ3) is 4.77. The molecule has 1 heterocycles. The topological polar surface area (TPSA) is 63.9 Å². The van der Waals surface area contributed by atoms with E-state index in [0.29, 0.717) is 18.2 Å². The van der Waals surface area contributed by atoms with E-state index in [1.165, 1.54) is 5.56 Å². The van der Waals surface area contributed by atoms with Crippen LogP contribution >= 0.6 is 0 Å². The van der Waals surface area contributed by atoms with Crippen LogP contribution in [0.1, 0.15) is 16.7 Å². The summed E-state index contributed by atoms with van der Waals surface area (Å²) in [6.45, 7) is 0.429. The van der Waals surface area contributed by atoms with Gasteiger partial charge >= 0.3 is 0 Å². The first-order chi connectivity index (χ1) is 20.2. The van der Waals surface area contributed by atoms with Gasteiger partial charge in [0.15, 0.2) is 5.84 Å². The maximum atomic E-state index is 6.64. The summed E-state index contributed by atoms with van der Waals surface area (Å²) >= 11 is 0. The van der Waals surface area contributed by atoms with Gasteiger partial charge in [-0.3, -0.25) is 4.99 Å². The molecule has 0 amide bonds. The maximum absolute atomic E-state index is 6.64. The number of amidine groups is 2. The molecule has 0 radical (unpaired) electrons. The first-order valence-corrected chi connectivity index (χ1v) is 13.7. The molecule has 196 valence electrons. The Hall–Kier alpha value is -5.48. The van der Waals surface area contributed by atoms with E-state index < -0.39 is 0 Å². The molecule has 4 heteroatoms. The van der Waals surface area contributed by atoms with Gasteiger partial charge in [0.1, 0.15) is 17.0 Å². The molecular formula is C37H27N3O. The number of hydrogen-bond donors (Lipinski definition) is 1. The molecule has 4 nitrogen and oxygen atoms in total. The molecular weight excluding hydrogens is 502 g/mol. The lowest BCUT2D eigenvalue weighted by Gasteiger charge is -2.08. The number of fused-ring (bicyclic) bond motifs is 4. The van der Waals surface area contributed by atoms with Gasteiger partial charge in [-0.15, -0.1) is 0 Å². The summed E-state index contributed by atoms with van der Waals surface area (Å²) < 4.78 is 6.24. The Bertz CT molecular complexity index is 2070. The van der Waals surface area contributed by atoms with Crippen molar-refractivity contribution in [1.82, 2.24) is 0 Å². The van der Waals surface area contributed by atoms with Crippen molar-refractivity contribution in [1.29, 1.82) is 0 Å². The molecule has 0 unspecified atom stereocenters. The number of nitrogens with zero attached hydrogens (tertiary/aromatic N) is 2. The van der Waals surface area contributed by atoms with Crippen molar-refractivity contribution in [2.75, 3.05) is 0 Å². The van der Waals surface area contributed by atoms with Crippen LogP contribution in [0.2, 0.25) is 0 Å². The van der Waals surface area contributed by atoms with E-state index in [0.717, 1.165) is 55.0 Å². The van der Waals surface area contributed by atoms with Crippen LogP contribution in [0.4, 0.5) is 0 Å². The van der Waals surface area contributed by atoms with Crippen LogP contribution in [0.25, 0.3) is 43.8 Å². The van der Waals surface area contributed by atoms with Crippen molar-refractivity contribution in [3.8, 4) is 11.1 Å². The average Bonchev–Trinajstić information content (AvgIpc) is 3.42. The molecule has 0 aliphatic heterocycles. The highest BCUT2D eigenvalue weighted by Gasteiger charge is 2.13. The highest BCUT2D eigenvalue weighted by atomic mass is 16.3. The van der Waals surface area contributed by atoms with E-state index in [1.807, 2.05) is 72.8 Å². The summed E-state index contributed by atoms with van der Waals surface area (Å²) in [5.74, 6) is 1.02. The van der Waals surface area contributed by atoms with E-state index in [-0.39, 0.29) is 0 Å². The Balaban J connectivity index is 1.33. The summed E-state index contributed by atoms with van der Waals surface area (Å²) in [6, 6.07) is 47.2. The smallest absolute Gasteiger partial charge is 0.157 e. The summed E-state index contributed by atoms with van der Waals surface area (Å²) in [6.07, 6.45) is 0. The minimum atomic E-state index is 0.429. The number of rotatable bonds is 5. The van der Waals surface area contributed by atoms with Crippen LogP contribution < -0.4 is 5.73 Å². The molecule has 2 N–H and O–H groups in total. The molecule has 0 saturated carbocycles. The third-order valence-corrected chi connectivity index (χ3v) is 7.41. The van der Waals surface area contributed by atoms with Gasteiger partial charge in [-0.2, -0.15) is 0 Å². The van der Waals surface area contributed by atoms with Crippen LogP contribution in [0, 0.1) is 0 Å². The Morgan fingerprint density at radius 2 is 1.34 bits per heavy atom. The van der Waals surface area contributed by atoms with Crippen molar-refractivity contribution in [3.05, 3.63) is 156 Å². The summed E-state index contributed by atoms with van der Waals surface area (Å²) in [5.41, 5.74) is 13.5. The van der Waals surface area contributed by atoms with E-state index in [1.54, 1.807) is 0 Å². The van der Waals surface area contributed by atoms with E-state index in [4.69, 9.17) is 20.1 Å². The van der Waals surface area contributed by atoms with Crippen LogP contribution in [0.3, 0.4) is 0 Å². The lowest BCUT2D eigenvalue weighted by Crippen LogP contribution is -2.17. The molecule has 0 spiro atoms. The number of benzene rings is 6. The highest BCUT2D eigenvalue weighted by Crippen LogP contribution is 2.34. The SMILES string of the molecule is N/C(=N\C(=N/Cc1cccc2oc3ccc(-c4ccccc4)cc3c12)c1ccccc1)c1cccc2ccccc12. The Kier molecular flexibility index (Phi) is 6.34. The Morgan fingerprint density at radius 3 is 2.20 bits per heavy atom. The molecule has 0 atom stereocenters. The van der Waals surface area contributed by atoms with Gasteiger partial charge in [-0.05, 0) is 45.7 Å². The van der Waals surface area contributed by atoms with Gasteiger partial charge in [0.05, 0.1) is 6.54 Å². The van der Waals surface area contributed by atoms with E-state index in [2.05, 4.69) is 66.7 Å². The molecule has 7 rings (SSSR count). The van der Waals surface area contributed by atoms with Gasteiger partial charge < -0.3 is 10.2 Å². The molecule has 0 fully saturated rings. The second-order valence-electron chi connectivity index (χ2n) is 10.00. The van der Waals surface area contributed by atoms with Gasteiger partial charge in [-0.1, -0.05) is 121 Å². The summed E-state index contributed by atoms with van der Waals surface area (Å²) in [4.78, 5) is 9.92. The molecule has 41 heavy (non-hydrogen) atoms. The van der Waals surface area contributed by atoms with Gasteiger partial charge in [0, 0.05) is 21.9 Å². The zero-order valence-electron chi connectivity index (χ0n) is 22.4. The van der Waals surface area contributed by atoms with Gasteiger partial charge in [0.25, 0.3) is 0 Å². The third-order valence-electron chi connectivity index (χ3n) is 7.41. The van der Waals surface area contributed by atoms with Crippen molar-refractivity contribution in [2.45, 2.75) is 6.54 Å². The zero-order valence-corrected chi connectivity index (χ0v) is 22.4. The van der Waals surface area contributed by atoms with Crippen molar-refractivity contribution in [3.63, 3.8) is 0 Å². The van der Waals surface area contributed by atoms with E-state index >= 15 is 0 Å². The van der Waals surface area contributed by atoms with Crippen molar-refractivity contribution in [2.24, 2.45) is 15.7 Å². The molecule has 0 aliphatic carbocycles. The number of aliphatic imine (C=N–C) groups is 2. The summed E-state index contributed by atoms with van der Waals surface area (Å²) in [7, 11) is 0. The van der Waals surface area contributed by atoms with Crippen LogP contribution in [-0.2, 0) is 6.54 Å². The second kappa shape index (κ2) is 10.6. The van der Waals surface area contributed by atoms with Crippen molar-refractivity contribution >= 4 is 44.4 Å². The predicted molar refractivity (Wildman–Crippen MR) is 171 cm³/mol. The van der Waals surface area contributed by atoms with E-state index in [9.17, 15) is 0 Å². The molecule has 0 bridgehead atoms. The normalized spacial score (nSPS) is 12.4. The quantitative estimate of drug-likeness (QED) is 0.179. The molecule has 1 aromatic heterocycles. The minimum absolute atomic E-state index is 0.429. The fourth-order valence-corrected chi connectivity index (χ4v) is 5.40. The van der Waals surface area contributed by atoms with Crippen LogP contribution in [0.15, 0.2) is 154 Å². The first kappa shape index (κ1) is 24.6. The largest absolute Gasteiger partial charge is 0.456 e. The second-order valence-corrected chi connectivity index (χ2v) is 10.00. The predicted octanol–water partition coefficient (Wildman–Crippen LogP) is 8.76. The lowest BCUT2D eigenvalue weighted by atomic mass is 10.0. The fraction of sp³-hybridized carbons (Fsp3) is 0.0270. The average molecular weight is 530 g/mol. The number of hydrogen-bond acceptors (Lipinski definition) is 2. The summed E-state index contributed by atoms with van der Waals surface area (Å²) in [5, 5.41) is 4.33. The molecule has 7 aromatic rings. The first-order valence-electron chi connectivity index (χ1n) is 13.7. The Morgan fingerprint density at radius 1 is 0.610 bits per heavy atom. The number of furan rings is 1. The number of nitrogens with two attached hydrogens (primary N) is 1. The van der Waals surface area contributed by atoms with Gasteiger partial charge in [0.2, 0.25) is 0 Å². The molecule has 0 aliphatic rings. The van der Waals surface area contributed by atoms with Gasteiger partial charge in [-0.25, -0.2) is 4.99 Å².